The molecule has 0 spiro atoms. The molecule has 1 aromatic rings. The molecule has 0 aliphatic carbocycles. The largest absolute Gasteiger partial charge is 0.508 e. The number of nitrogens with zero attached hydrogens (tertiary/aromatic N) is 1. The molecular formula is C15H25ClN2O. The highest BCUT2D eigenvalue weighted by atomic mass is 35.5. The lowest BCUT2D eigenvalue weighted by Gasteiger charge is -2.20. The van der Waals surface area contributed by atoms with Gasteiger partial charge in [-0.05, 0) is 59.0 Å². The Kier molecular flexibility index (Phi) is 7.21. The minimum Gasteiger partial charge on any atom is -0.508 e. The molecule has 0 aromatic heterocycles. The third-order valence-corrected chi connectivity index (χ3v) is 3.75. The second-order valence-corrected chi connectivity index (χ2v) is 5.60. The summed E-state index contributed by atoms with van der Waals surface area (Å²) >= 11 is 6.04. The molecule has 1 rings (SSSR count). The van der Waals surface area contributed by atoms with Gasteiger partial charge in [-0.25, -0.2) is 0 Å². The summed E-state index contributed by atoms with van der Waals surface area (Å²) in [5.41, 5.74) is 0.781. The molecule has 0 saturated heterocycles. The van der Waals surface area contributed by atoms with Gasteiger partial charge in [0.1, 0.15) is 5.75 Å². The SMILES string of the molecule is CC(C)N(C)CCCCNCc1c(O)cccc1Cl. The number of halogens is 1. The van der Waals surface area contributed by atoms with Crippen molar-refractivity contribution in [2.45, 2.75) is 39.3 Å². The molecule has 0 aliphatic heterocycles. The zero-order chi connectivity index (χ0) is 14.3. The summed E-state index contributed by atoms with van der Waals surface area (Å²) in [6.07, 6.45) is 2.30. The molecule has 3 nitrogen and oxygen atoms in total. The van der Waals surface area contributed by atoms with E-state index in [-0.39, 0.29) is 5.75 Å². The Hall–Kier alpha value is -0.770. The topological polar surface area (TPSA) is 35.5 Å². The zero-order valence-electron chi connectivity index (χ0n) is 12.1. The summed E-state index contributed by atoms with van der Waals surface area (Å²) < 4.78 is 0. The van der Waals surface area contributed by atoms with Crippen molar-refractivity contribution in [2.24, 2.45) is 0 Å². The van der Waals surface area contributed by atoms with Crippen LogP contribution in [-0.4, -0.2) is 36.2 Å². The van der Waals surface area contributed by atoms with Crippen LogP contribution in [0.4, 0.5) is 0 Å². The number of rotatable bonds is 8. The highest BCUT2D eigenvalue weighted by Crippen LogP contribution is 2.24. The van der Waals surface area contributed by atoms with Crippen LogP contribution in [0.25, 0.3) is 0 Å². The quantitative estimate of drug-likeness (QED) is 0.719. The van der Waals surface area contributed by atoms with Gasteiger partial charge < -0.3 is 15.3 Å². The molecule has 0 fully saturated rings. The van der Waals surface area contributed by atoms with Crippen LogP contribution in [0.2, 0.25) is 5.02 Å². The van der Waals surface area contributed by atoms with Crippen LogP contribution in [0.15, 0.2) is 18.2 Å². The van der Waals surface area contributed by atoms with E-state index in [0.29, 0.717) is 17.6 Å². The Morgan fingerprint density at radius 1 is 1.32 bits per heavy atom. The van der Waals surface area contributed by atoms with Gasteiger partial charge in [-0.15, -0.1) is 0 Å². The molecule has 0 heterocycles. The van der Waals surface area contributed by atoms with Crippen LogP contribution in [0.3, 0.4) is 0 Å². The number of unbranched alkanes of at least 4 members (excludes halogenated alkanes) is 1. The van der Waals surface area contributed by atoms with E-state index in [2.05, 4.69) is 31.1 Å². The van der Waals surface area contributed by atoms with Gasteiger partial charge in [0.05, 0.1) is 0 Å². The number of hydrogen-bond acceptors (Lipinski definition) is 3. The molecule has 0 amide bonds. The number of phenols is 1. The van der Waals surface area contributed by atoms with Crippen LogP contribution in [0.1, 0.15) is 32.3 Å². The molecule has 108 valence electrons. The van der Waals surface area contributed by atoms with Crippen molar-refractivity contribution in [3.05, 3.63) is 28.8 Å². The van der Waals surface area contributed by atoms with Crippen molar-refractivity contribution in [1.82, 2.24) is 10.2 Å². The third-order valence-electron chi connectivity index (χ3n) is 3.39. The first-order chi connectivity index (χ1) is 9.02. The fourth-order valence-corrected chi connectivity index (χ4v) is 2.04. The van der Waals surface area contributed by atoms with Crippen LogP contribution in [0, 0.1) is 0 Å². The van der Waals surface area contributed by atoms with E-state index in [9.17, 15) is 5.11 Å². The second kappa shape index (κ2) is 8.41. The number of benzene rings is 1. The van der Waals surface area contributed by atoms with Gasteiger partial charge in [0, 0.05) is 23.2 Å². The maximum Gasteiger partial charge on any atom is 0.121 e. The van der Waals surface area contributed by atoms with Gasteiger partial charge in [0.25, 0.3) is 0 Å². The monoisotopic (exact) mass is 284 g/mol. The van der Waals surface area contributed by atoms with Gasteiger partial charge in [-0.1, -0.05) is 17.7 Å². The zero-order valence-corrected chi connectivity index (χ0v) is 12.9. The smallest absolute Gasteiger partial charge is 0.121 e. The van der Waals surface area contributed by atoms with E-state index >= 15 is 0 Å². The predicted octanol–water partition coefficient (Wildman–Crippen LogP) is 3.26. The average Bonchev–Trinajstić information content (AvgIpc) is 2.36. The van der Waals surface area contributed by atoms with E-state index < -0.39 is 0 Å². The molecule has 0 atom stereocenters. The Morgan fingerprint density at radius 2 is 2.05 bits per heavy atom. The van der Waals surface area contributed by atoms with Crippen LogP contribution >= 0.6 is 11.6 Å². The number of aromatic hydroxyl groups is 1. The highest BCUT2D eigenvalue weighted by Gasteiger charge is 2.05. The first kappa shape index (κ1) is 16.3. The molecule has 0 unspecified atom stereocenters. The first-order valence-corrected chi connectivity index (χ1v) is 7.27. The van der Waals surface area contributed by atoms with Crippen molar-refractivity contribution < 1.29 is 5.11 Å². The predicted molar refractivity (Wildman–Crippen MR) is 81.8 cm³/mol. The number of nitrogens with one attached hydrogen (secondary N) is 1. The van der Waals surface area contributed by atoms with Crippen molar-refractivity contribution in [2.75, 3.05) is 20.1 Å². The Morgan fingerprint density at radius 3 is 2.68 bits per heavy atom. The van der Waals surface area contributed by atoms with E-state index in [1.807, 2.05) is 0 Å². The van der Waals surface area contributed by atoms with E-state index in [4.69, 9.17) is 11.6 Å². The molecule has 19 heavy (non-hydrogen) atoms. The summed E-state index contributed by atoms with van der Waals surface area (Å²) in [4.78, 5) is 2.35. The van der Waals surface area contributed by atoms with Gasteiger partial charge in [0.2, 0.25) is 0 Å². The van der Waals surface area contributed by atoms with Crippen LogP contribution < -0.4 is 5.32 Å². The average molecular weight is 285 g/mol. The minimum absolute atomic E-state index is 0.263. The van der Waals surface area contributed by atoms with Crippen molar-refractivity contribution in [3.63, 3.8) is 0 Å². The summed E-state index contributed by atoms with van der Waals surface area (Å²) in [5.74, 6) is 0.263. The summed E-state index contributed by atoms with van der Waals surface area (Å²) in [7, 11) is 2.15. The molecular weight excluding hydrogens is 260 g/mol. The maximum absolute atomic E-state index is 9.70. The van der Waals surface area contributed by atoms with Crippen molar-refractivity contribution >= 4 is 11.6 Å². The molecule has 1 aromatic carbocycles. The molecule has 2 N–H and O–H groups in total. The highest BCUT2D eigenvalue weighted by molar-refractivity contribution is 6.31. The molecule has 0 bridgehead atoms. The first-order valence-electron chi connectivity index (χ1n) is 6.89. The standard InChI is InChI=1S/C15H25ClN2O/c1-12(2)18(3)10-5-4-9-17-11-13-14(16)7-6-8-15(13)19/h6-8,12,17,19H,4-5,9-11H2,1-3H3. The number of phenolic OH excluding ortho intramolecular Hbond substituents is 1. The summed E-state index contributed by atoms with van der Waals surface area (Å²) in [6, 6.07) is 5.83. The van der Waals surface area contributed by atoms with Gasteiger partial charge in [-0.3, -0.25) is 0 Å². The molecule has 0 aliphatic rings. The lowest BCUT2D eigenvalue weighted by atomic mass is 10.2. The molecule has 4 heteroatoms. The summed E-state index contributed by atoms with van der Waals surface area (Å²) in [6.45, 7) is 7.09. The normalized spacial score (nSPS) is 11.5. The van der Waals surface area contributed by atoms with Crippen molar-refractivity contribution in [3.8, 4) is 5.75 Å². The van der Waals surface area contributed by atoms with Gasteiger partial charge in [0.15, 0.2) is 0 Å². The van der Waals surface area contributed by atoms with Crippen LogP contribution in [0.5, 0.6) is 5.75 Å². The minimum atomic E-state index is 0.263. The fourth-order valence-electron chi connectivity index (χ4n) is 1.81. The van der Waals surface area contributed by atoms with Gasteiger partial charge in [-0.2, -0.15) is 0 Å². The fraction of sp³-hybridized carbons (Fsp3) is 0.600. The second-order valence-electron chi connectivity index (χ2n) is 5.20. The lowest BCUT2D eigenvalue weighted by Crippen LogP contribution is -2.27. The van der Waals surface area contributed by atoms with E-state index in [1.165, 1.54) is 6.42 Å². The summed E-state index contributed by atoms with van der Waals surface area (Å²) in [5, 5.41) is 13.6. The third kappa shape index (κ3) is 5.81. The number of hydrogen-bond donors (Lipinski definition) is 2. The van der Waals surface area contributed by atoms with E-state index in [0.717, 1.165) is 25.1 Å². The Bertz CT molecular complexity index is 362. The maximum atomic E-state index is 9.70. The Balaban J connectivity index is 2.18. The van der Waals surface area contributed by atoms with Gasteiger partial charge >= 0.3 is 0 Å². The molecule has 0 saturated carbocycles. The van der Waals surface area contributed by atoms with Crippen LogP contribution in [-0.2, 0) is 6.54 Å². The van der Waals surface area contributed by atoms with Crippen molar-refractivity contribution in [1.29, 1.82) is 0 Å². The molecule has 0 radical (unpaired) electrons. The Labute approximate surface area is 121 Å². The van der Waals surface area contributed by atoms with E-state index in [1.54, 1.807) is 18.2 Å². The lowest BCUT2D eigenvalue weighted by molar-refractivity contribution is 0.268.